The molecule has 1 unspecified atom stereocenters. The van der Waals surface area contributed by atoms with E-state index in [2.05, 4.69) is 0 Å². The van der Waals surface area contributed by atoms with Crippen molar-refractivity contribution in [3.63, 3.8) is 0 Å². The fourth-order valence-corrected chi connectivity index (χ4v) is 4.28. The van der Waals surface area contributed by atoms with Crippen LogP contribution in [0.1, 0.15) is 11.5 Å². The third kappa shape index (κ3) is 5.10. The molecule has 4 rings (SSSR count). The maximum Gasteiger partial charge on any atom is 0.355 e. The number of carbonyl (C=O) groups is 2. The highest BCUT2D eigenvalue weighted by Crippen LogP contribution is 2.43. The van der Waals surface area contributed by atoms with Gasteiger partial charge in [-0.25, -0.2) is 14.0 Å². The van der Waals surface area contributed by atoms with Crippen molar-refractivity contribution in [3.8, 4) is 23.3 Å². The van der Waals surface area contributed by atoms with E-state index in [-0.39, 0.29) is 34.1 Å². The summed E-state index contributed by atoms with van der Waals surface area (Å²) in [4.78, 5) is 27.3. The SMILES string of the molecule is COC(=O)C1=C(C(=O)OC)N(c2ccc(Oc3cccc(OC)c3)c(F)c2)C(N)=C(C#N)C1c1ccccc1. The number of nitrogens with two attached hydrogens (primary N) is 1. The van der Waals surface area contributed by atoms with Gasteiger partial charge in [0.25, 0.3) is 0 Å². The number of nitriles is 1. The summed E-state index contributed by atoms with van der Waals surface area (Å²) in [5, 5.41) is 10.1. The minimum Gasteiger partial charge on any atom is -0.497 e. The number of esters is 2. The van der Waals surface area contributed by atoms with Crippen molar-refractivity contribution in [2.45, 2.75) is 5.92 Å². The first kappa shape index (κ1) is 26.8. The molecule has 0 saturated carbocycles. The summed E-state index contributed by atoms with van der Waals surface area (Å²) in [6.07, 6.45) is 0. The van der Waals surface area contributed by atoms with Crippen LogP contribution in [0.5, 0.6) is 17.2 Å². The average molecular weight is 530 g/mol. The Morgan fingerprint density at radius 1 is 0.923 bits per heavy atom. The lowest BCUT2D eigenvalue weighted by atomic mass is 9.81. The average Bonchev–Trinajstić information content (AvgIpc) is 2.97. The van der Waals surface area contributed by atoms with Crippen LogP contribution in [0.2, 0.25) is 0 Å². The number of methoxy groups -OCH3 is 3. The lowest BCUT2D eigenvalue weighted by Crippen LogP contribution is -2.40. The number of ether oxygens (including phenoxy) is 4. The van der Waals surface area contributed by atoms with Crippen LogP contribution >= 0.6 is 0 Å². The molecule has 0 aromatic heterocycles. The molecule has 1 aliphatic heterocycles. The summed E-state index contributed by atoms with van der Waals surface area (Å²) in [6, 6.07) is 21.1. The maximum atomic E-state index is 15.3. The van der Waals surface area contributed by atoms with Gasteiger partial charge in [0, 0.05) is 12.1 Å². The van der Waals surface area contributed by atoms with Gasteiger partial charge in [0.2, 0.25) is 0 Å². The van der Waals surface area contributed by atoms with E-state index in [9.17, 15) is 14.9 Å². The van der Waals surface area contributed by atoms with Crippen LogP contribution in [-0.4, -0.2) is 33.3 Å². The summed E-state index contributed by atoms with van der Waals surface area (Å²) in [7, 11) is 3.78. The Balaban J connectivity index is 1.89. The molecule has 0 amide bonds. The molecule has 3 aromatic rings. The zero-order valence-electron chi connectivity index (χ0n) is 21.3. The molecule has 0 saturated heterocycles. The van der Waals surface area contributed by atoms with E-state index in [1.165, 1.54) is 19.2 Å². The second-order valence-corrected chi connectivity index (χ2v) is 8.23. The van der Waals surface area contributed by atoms with E-state index >= 15 is 4.39 Å². The van der Waals surface area contributed by atoms with E-state index in [4.69, 9.17) is 24.7 Å². The minimum absolute atomic E-state index is 0.0358. The van der Waals surface area contributed by atoms with E-state index in [0.717, 1.165) is 25.2 Å². The fraction of sp³-hybridized carbons (Fsp3) is 0.138. The van der Waals surface area contributed by atoms with Gasteiger partial charge in [-0.1, -0.05) is 36.4 Å². The molecule has 0 spiro atoms. The smallest absolute Gasteiger partial charge is 0.355 e. The molecule has 0 aliphatic carbocycles. The molecule has 2 N–H and O–H groups in total. The van der Waals surface area contributed by atoms with Crippen molar-refractivity contribution in [2.75, 3.05) is 26.2 Å². The Morgan fingerprint density at radius 2 is 1.62 bits per heavy atom. The van der Waals surface area contributed by atoms with Gasteiger partial charge in [0.05, 0.1) is 50.2 Å². The fourth-order valence-electron chi connectivity index (χ4n) is 4.28. The van der Waals surface area contributed by atoms with Gasteiger partial charge in [-0.2, -0.15) is 5.26 Å². The molecule has 0 bridgehead atoms. The Labute approximate surface area is 224 Å². The van der Waals surface area contributed by atoms with Gasteiger partial charge in [-0.15, -0.1) is 0 Å². The summed E-state index contributed by atoms with van der Waals surface area (Å²) in [5.74, 6) is -3.09. The molecule has 198 valence electrons. The summed E-state index contributed by atoms with van der Waals surface area (Å²) >= 11 is 0. The molecule has 1 heterocycles. The Bertz CT molecular complexity index is 1530. The van der Waals surface area contributed by atoms with Crippen LogP contribution in [0.25, 0.3) is 0 Å². The van der Waals surface area contributed by atoms with Gasteiger partial charge in [-0.05, 0) is 29.8 Å². The highest BCUT2D eigenvalue weighted by molar-refractivity contribution is 6.06. The van der Waals surface area contributed by atoms with Crippen LogP contribution < -0.4 is 20.1 Å². The predicted molar refractivity (Wildman–Crippen MR) is 139 cm³/mol. The van der Waals surface area contributed by atoms with Crippen LogP contribution in [0.3, 0.4) is 0 Å². The predicted octanol–water partition coefficient (Wildman–Crippen LogP) is 4.52. The molecule has 0 fully saturated rings. The van der Waals surface area contributed by atoms with E-state index in [0.29, 0.717) is 17.1 Å². The lowest BCUT2D eigenvalue weighted by molar-refractivity contribution is -0.139. The van der Waals surface area contributed by atoms with Gasteiger partial charge in [0.15, 0.2) is 11.6 Å². The van der Waals surface area contributed by atoms with E-state index in [1.807, 2.05) is 6.07 Å². The van der Waals surface area contributed by atoms with Crippen molar-refractivity contribution in [3.05, 3.63) is 107 Å². The molecule has 39 heavy (non-hydrogen) atoms. The highest BCUT2D eigenvalue weighted by atomic mass is 19.1. The molecule has 1 atom stereocenters. The number of hydrogen-bond donors (Lipinski definition) is 1. The van der Waals surface area contributed by atoms with E-state index in [1.54, 1.807) is 54.6 Å². The van der Waals surface area contributed by atoms with Gasteiger partial charge in [-0.3, -0.25) is 4.90 Å². The van der Waals surface area contributed by atoms with Gasteiger partial charge < -0.3 is 24.7 Å². The van der Waals surface area contributed by atoms with Crippen molar-refractivity contribution in [1.29, 1.82) is 5.26 Å². The number of anilines is 1. The quantitative estimate of drug-likeness (QED) is 0.440. The van der Waals surface area contributed by atoms with Crippen molar-refractivity contribution < 1.29 is 32.9 Å². The lowest BCUT2D eigenvalue weighted by Gasteiger charge is -2.35. The molecule has 3 aromatic carbocycles. The van der Waals surface area contributed by atoms with E-state index < -0.39 is 23.7 Å². The molecule has 9 nitrogen and oxygen atoms in total. The monoisotopic (exact) mass is 529 g/mol. The number of allylic oxidation sites excluding steroid dienone is 1. The number of carbonyl (C=O) groups excluding carboxylic acids is 2. The molecular weight excluding hydrogens is 505 g/mol. The minimum atomic E-state index is -1.03. The number of nitrogens with zero attached hydrogens (tertiary/aromatic N) is 2. The standard InChI is InChI=1S/C29H24FN3O6/c1-36-19-10-7-11-20(15-19)39-23-13-12-18(14-22(23)30)33-26(29(35)38-3)25(28(34)37-2)24(21(16-31)27(33)32)17-8-5-4-6-9-17/h4-15,24H,32H2,1-3H3. The third-order valence-corrected chi connectivity index (χ3v) is 6.05. The highest BCUT2D eigenvalue weighted by Gasteiger charge is 2.43. The maximum absolute atomic E-state index is 15.3. The second kappa shape index (κ2) is 11.4. The second-order valence-electron chi connectivity index (χ2n) is 8.23. The Kier molecular flexibility index (Phi) is 7.82. The van der Waals surface area contributed by atoms with Crippen molar-refractivity contribution in [2.24, 2.45) is 5.73 Å². The topological polar surface area (TPSA) is 124 Å². The van der Waals surface area contributed by atoms with Crippen LogP contribution in [0.4, 0.5) is 10.1 Å². The third-order valence-electron chi connectivity index (χ3n) is 6.05. The van der Waals surface area contributed by atoms with Gasteiger partial charge in [0.1, 0.15) is 23.0 Å². The summed E-state index contributed by atoms with van der Waals surface area (Å²) in [5.41, 5.74) is 6.48. The first-order valence-corrected chi connectivity index (χ1v) is 11.6. The van der Waals surface area contributed by atoms with Crippen molar-refractivity contribution in [1.82, 2.24) is 0 Å². The van der Waals surface area contributed by atoms with Crippen LogP contribution in [0, 0.1) is 17.1 Å². The molecule has 10 heteroatoms. The van der Waals surface area contributed by atoms with Crippen LogP contribution in [-0.2, 0) is 19.1 Å². The molecule has 0 radical (unpaired) electrons. The normalized spacial score (nSPS) is 14.9. The Hall–Kier alpha value is -5.30. The Morgan fingerprint density at radius 3 is 2.23 bits per heavy atom. The van der Waals surface area contributed by atoms with Gasteiger partial charge >= 0.3 is 11.9 Å². The van der Waals surface area contributed by atoms with Crippen LogP contribution in [0.15, 0.2) is 95.5 Å². The first-order chi connectivity index (χ1) is 18.8. The molecule has 1 aliphatic rings. The summed E-state index contributed by atoms with van der Waals surface area (Å²) in [6.45, 7) is 0. The number of benzene rings is 3. The zero-order chi connectivity index (χ0) is 28.1. The molecular formula is C29H24FN3O6. The largest absolute Gasteiger partial charge is 0.497 e. The number of hydrogen-bond acceptors (Lipinski definition) is 9. The number of rotatable bonds is 7. The zero-order valence-corrected chi connectivity index (χ0v) is 21.3. The number of halogens is 1. The van der Waals surface area contributed by atoms with Crippen molar-refractivity contribution >= 4 is 17.6 Å². The first-order valence-electron chi connectivity index (χ1n) is 11.6. The summed E-state index contributed by atoms with van der Waals surface area (Å²) < 4.78 is 36.1.